The van der Waals surface area contributed by atoms with Crippen molar-refractivity contribution in [1.29, 1.82) is 0 Å². The molecule has 0 aliphatic carbocycles. The van der Waals surface area contributed by atoms with Crippen molar-refractivity contribution in [2.24, 2.45) is 0 Å². The number of hydrogen-bond donors (Lipinski definition) is 1. The van der Waals surface area contributed by atoms with Gasteiger partial charge in [0.05, 0.1) is 11.3 Å². The molecule has 31 heavy (non-hydrogen) atoms. The molecule has 1 aromatic carbocycles. The molecule has 0 bridgehead atoms. The van der Waals surface area contributed by atoms with Crippen molar-refractivity contribution in [2.75, 3.05) is 22.9 Å². The van der Waals surface area contributed by atoms with Gasteiger partial charge in [0.25, 0.3) is 11.8 Å². The number of rotatable bonds is 3. The van der Waals surface area contributed by atoms with Gasteiger partial charge in [-0.15, -0.1) is 0 Å². The van der Waals surface area contributed by atoms with Gasteiger partial charge in [-0.3, -0.25) is 19.8 Å². The smallest absolute Gasteiger partial charge is 0.416 e. The lowest BCUT2D eigenvalue weighted by atomic mass is 10.1. The Kier molecular flexibility index (Phi) is 5.57. The first kappa shape index (κ1) is 21.1. The van der Waals surface area contributed by atoms with Crippen molar-refractivity contribution in [3.63, 3.8) is 0 Å². The molecule has 0 radical (unpaired) electrons. The van der Waals surface area contributed by atoms with Crippen LogP contribution < -0.4 is 15.1 Å². The van der Waals surface area contributed by atoms with E-state index in [-0.39, 0.29) is 22.1 Å². The van der Waals surface area contributed by atoms with E-state index in [1.165, 1.54) is 18.2 Å². The van der Waals surface area contributed by atoms with Gasteiger partial charge in [0.1, 0.15) is 11.3 Å². The molecular weight excluding hydrogens is 431 g/mol. The Morgan fingerprint density at radius 1 is 1.06 bits per heavy atom. The molecule has 6 nitrogen and oxygen atoms in total. The van der Waals surface area contributed by atoms with Crippen LogP contribution in [0.15, 0.2) is 46.4 Å². The number of nitrogens with one attached hydrogen (secondary N) is 1. The van der Waals surface area contributed by atoms with E-state index in [1.807, 2.05) is 0 Å². The Labute approximate surface area is 181 Å². The van der Waals surface area contributed by atoms with Gasteiger partial charge >= 0.3 is 6.18 Å². The number of anilines is 2. The maximum atomic E-state index is 13.1. The second-order valence-corrected chi connectivity index (χ2v) is 7.62. The number of benzene rings is 1. The number of alkyl halides is 3. The topological polar surface area (TPSA) is 65.8 Å². The molecule has 3 heterocycles. The number of nitrogens with zero attached hydrogens (tertiary/aromatic N) is 2. The highest BCUT2D eigenvalue weighted by Crippen LogP contribution is 2.33. The zero-order valence-corrected chi connectivity index (χ0v) is 17.1. The lowest BCUT2D eigenvalue weighted by molar-refractivity contribution is -0.137. The molecule has 1 aromatic heterocycles. The minimum atomic E-state index is -4.59. The molecule has 2 aliphatic heterocycles. The minimum Gasteiger partial charge on any atom is -0.441 e. The summed E-state index contributed by atoms with van der Waals surface area (Å²) in [6, 6.07) is 7.58. The summed E-state index contributed by atoms with van der Waals surface area (Å²) >= 11 is 5.04. The van der Waals surface area contributed by atoms with Crippen molar-refractivity contribution in [3.8, 4) is 0 Å². The maximum absolute atomic E-state index is 13.1. The Bertz CT molecular complexity index is 1070. The summed E-state index contributed by atoms with van der Waals surface area (Å²) in [7, 11) is 0. The molecule has 2 aliphatic rings. The third-order valence-corrected chi connectivity index (χ3v) is 5.38. The first-order valence-electron chi connectivity index (χ1n) is 9.67. The molecule has 162 valence electrons. The SMILES string of the molecule is O=C1NC(=S)N(c2cccc(C(F)(F)F)c2)C(=O)/C1=C/c1ccc(N2CCCCC2)o1. The molecule has 2 fully saturated rings. The summed E-state index contributed by atoms with van der Waals surface area (Å²) in [6.07, 6.45) is -0.0399. The van der Waals surface area contributed by atoms with Crippen LogP contribution in [0, 0.1) is 0 Å². The molecule has 0 unspecified atom stereocenters. The number of carbonyl (C=O) groups is 2. The summed E-state index contributed by atoms with van der Waals surface area (Å²) in [5.74, 6) is -0.644. The van der Waals surface area contributed by atoms with Crippen LogP contribution in [0.5, 0.6) is 0 Å². The fourth-order valence-corrected chi connectivity index (χ4v) is 3.84. The van der Waals surface area contributed by atoms with Gasteiger partial charge < -0.3 is 9.32 Å². The van der Waals surface area contributed by atoms with Crippen LogP contribution in [0.25, 0.3) is 6.08 Å². The van der Waals surface area contributed by atoms with Crippen LogP contribution in [0.4, 0.5) is 24.7 Å². The molecule has 0 atom stereocenters. The van der Waals surface area contributed by atoms with Crippen molar-refractivity contribution in [3.05, 3.63) is 53.3 Å². The van der Waals surface area contributed by atoms with Gasteiger partial charge in [-0.2, -0.15) is 13.2 Å². The van der Waals surface area contributed by atoms with E-state index in [1.54, 1.807) is 12.1 Å². The van der Waals surface area contributed by atoms with Gasteiger partial charge in [-0.25, -0.2) is 0 Å². The van der Waals surface area contributed by atoms with Crippen LogP contribution >= 0.6 is 12.2 Å². The van der Waals surface area contributed by atoms with Crippen LogP contribution in [-0.2, 0) is 15.8 Å². The molecule has 10 heteroatoms. The van der Waals surface area contributed by atoms with Crippen molar-refractivity contribution in [2.45, 2.75) is 25.4 Å². The van der Waals surface area contributed by atoms with E-state index in [0.717, 1.165) is 49.4 Å². The Balaban J connectivity index is 1.63. The van der Waals surface area contributed by atoms with E-state index in [0.29, 0.717) is 5.88 Å². The average molecular weight is 449 g/mol. The molecule has 1 N–H and O–H groups in total. The van der Waals surface area contributed by atoms with Crippen LogP contribution in [-0.4, -0.2) is 30.0 Å². The van der Waals surface area contributed by atoms with E-state index in [4.69, 9.17) is 16.6 Å². The molecule has 4 rings (SSSR count). The fraction of sp³-hybridized carbons (Fsp3) is 0.286. The normalized spacial score (nSPS) is 19.2. The van der Waals surface area contributed by atoms with E-state index in [9.17, 15) is 22.8 Å². The van der Waals surface area contributed by atoms with E-state index >= 15 is 0 Å². The summed E-state index contributed by atoms with van der Waals surface area (Å²) in [6.45, 7) is 1.72. The molecule has 2 amide bonds. The zero-order valence-electron chi connectivity index (χ0n) is 16.2. The number of halogens is 3. The Hall–Kier alpha value is -3.14. The second-order valence-electron chi connectivity index (χ2n) is 7.23. The third kappa shape index (κ3) is 4.34. The van der Waals surface area contributed by atoms with Crippen molar-refractivity contribution < 1.29 is 27.2 Å². The second kappa shape index (κ2) is 8.18. The average Bonchev–Trinajstić information content (AvgIpc) is 3.20. The molecule has 0 saturated carbocycles. The summed E-state index contributed by atoms with van der Waals surface area (Å²) in [5.41, 5.74) is -1.31. The van der Waals surface area contributed by atoms with E-state index in [2.05, 4.69) is 10.2 Å². The number of thiocarbonyl (C=S) groups is 1. The Morgan fingerprint density at radius 3 is 2.52 bits per heavy atom. The largest absolute Gasteiger partial charge is 0.441 e. The van der Waals surface area contributed by atoms with Crippen molar-refractivity contribution in [1.82, 2.24) is 5.32 Å². The maximum Gasteiger partial charge on any atom is 0.416 e. The number of carbonyl (C=O) groups excluding carboxylic acids is 2. The number of furan rings is 1. The predicted octanol–water partition coefficient (Wildman–Crippen LogP) is 4.12. The minimum absolute atomic E-state index is 0.0934. The predicted molar refractivity (Wildman–Crippen MR) is 112 cm³/mol. The lowest BCUT2D eigenvalue weighted by Crippen LogP contribution is -2.54. The zero-order chi connectivity index (χ0) is 22.2. The third-order valence-electron chi connectivity index (χ3n) is 5.10. The van der Waals surface area contributed by atoms with Crippen LogP contribution in [0.1, 0.15) is 30.6 Å². The van der Waals surface area contributed by atoms with Crippen molar-refractivity contribution >= 4 is 46.8 Å². The van der Waals surface area contributed by atoms with Gasteiger partial charge in [-0.1, -0.05) is 6.07 Å². The summed E-state index contributed by atoms with van der Waals surface area (Å²) in [5, 5.41) is 2.06. The highest BCUT2D eigenvalue weighted by atomic mass is 32.1. The van der Waals surface area contributed by atoms with Crippen LogP contribution in [0.2, 0.25) is 0 Å². The lowest BCUT2D eigenvalue weighted by Gasteiger charge is -2.29. The quantitative estimate of drug-likeness (QED) is 0.434. The van der Waals surface area contributed by atoms with Gasteiger partial charge in [0.15, 0.2) is 11.0 Å². The monoisotopic (exact) mass is 449 g/mol. The highest BCUT2D eigenvalue weighted by molar-refractivity contribution is 7.80. The summed E-state index contributed by atoms with van der Waals surface area (Å²) < 4.78 is 45.0. The molecule has 0 spiro atoms. The first-order chi connectivity index (χ1) is 14.7. The van der Waals surface area contributed by atoms with Gasteiger partial charge in [0.2, 0.25) is 0 Å². The fourth-order valence-electron chi connectivity index (χ4n) is 3.56. The number of hydrogen-bond acceptors (Lipinski definition) is 5. The molecular formula is C21H18F3N3O3S. The summed E-state index contributed by atoms with van der Waals surface area (Å²) in [4.78, 5) is 28.3. The highest BCUT2D eigenvalue weighted by Gasteiger charge is 2.37. The molecule has 2 aromatic rings. The van der Waals surface area contributed by atoms with E-state index < -0.39 is 23.6 Å². The molecule has 2 saturated heterocycles. The van der Waals surface area contributed by atoms with Gasteiger partial charge in [-0.05, 0) is 61.8 Å². The standard InChI is InChI=1S/C21H18F3N3O3S/c22-21(23,24)13-5-4-6-14(11-13)27-19(29)16(18(28)25-20(27)31)12-15-7-8-17(30-15)26-9-2-1-3-10-26/h4-8,11-12H,1-3,9-10H2,(H,25,28,31)/b16-12+. The number of piperidine rings is 1. The Morgan fingerprint density at radius 2 is 1.81 bits per heavy atom. The van der Waals surface area contributed by atoms with Gasteiger partial charge in [0, 0.05) is 19.2 Å². The first-order valence-corrected chi connectivity index (χ1v) is 10.1. The number of amides is 2. The van der Waals surface area contributed by atoms with Crippen LogP contribution in [0.3, 0.4) is 0 Å².